The predicted molar refractivity (Wildman–Crippen MR) is 129 cm³/mol. The summed E-state index contributed by atoms with van der Waals surface area (Å²) in [6.45, 7) is 5.68. The van der Waals surface area contributed by atoms with Crippen molar-refractivity contribution in [2.45, 2.75) is 19.4 Å². The monoisotopic (exact) mass is 429 g/mol. The Morgan fingerprint density at radius 3 is 2.19 bits per heavy atom. The lowest BCUT2D eigenvalue weighted by Gasteiger charge is -2.32. The van der Waals surface area contributed by atoms with Crippen molar-refractivity contribution in [1.29, 1.82) is 0 Å². The Morgan fingerprint density at radius 2 is 1.52 bits per heavy atom. The summed E-state index contributed by atoms with van der Waals surface area (Å²) in [5.74, 6) is 6.44. The van der Waals surface area contributed by atoms with Gasteiger partial charge < -0.3 is 4.90 Å². The summed E-state index contributed by atoms with van der Waals surface area (Å²) in [7, 11) is 2.20. The van der Waals surface area contributed by atoms with Crippen molar-refractivity contribution in [1.82, 2.24) is 14.8 Å². The van der Waals surface area contributed by atoms with Crippen LogP contribution in [0.2, 0.25) is 5.02 Å². The molecule has 3 nitrogen and oxygen atoms in total. The lowest BCUT2D eigenvalue weighted by molar-refractivity contribution is 0.148. The third-order valence-corrected chi connectivity index (χ3v) is 5.97. The largest absolute Gasteiger partial charge is 0.304 e. The molecule has 2 aromatic carbocycles. The molecule has 0 amide bonds. The van der Waals surface area contributed by atoms with Gasteiger partial charge in [0.1, 0.15) is 5.69 Å². The second-order valence-corrected chi connectivity index (χ2v) is 8.57. The van der Waals surface area contributed by atoms with Gasteiger partial charge in [-0.25, -0.2) is 4.98 Å². The van der Waals surface area contributed by atoms with E-state index in [-0.39, 0.29) is 0 Å². The van der Waals surface area contributed by atoms with Crippen LogP contribution in [0.4, 0.5) is 0 Å². The van der Waals surface area contributed by atoms with Crippen LogP contribution in [0.1, 0.15) is 23.2 Å². The number of pyridine rings is 1. The van der Waals surface area contributed by atoms with Gasteiger partial charge in [0.05, 0.1) is 0 Å². The van der Waals surface area contributed by atoms with Gasteiger partial charge in [-0.2, -0.15) is 0 Å². The van der Waals surface area contributed by atoms with Crippen LogP contribution in [0.5, 0.6) is 0 Å². The minimum atomic E-state index is 0.740. The number of rotatable bonds is 5. The number of nitrogens with zero attached hydrogens (tertiary/aromatic N) is 3. The van der Waals surface area contributed by atoms with Gasteiger partial charge >= 0.3 is 0 Å². The van der Waals surface area contributed by atoms with Crippen LogP contribution >= 0.6 is 11.6 Å². The number of aryl methyl sites for hydroxylation is 1. The van der Waals surface area contributed by atoms with Gasteiger partial charge in [0.2, 0.25) is 0 Å². The highest BCUT2D eigenvalue weighted by Crippen LogP contribution is 2.20. The molecule has 31 heavy (non-hydrogen) atoms. The van der Waals surface area contributed by atoms with Crippen LogP contribution in [0.25, 0.3) is 11.1 Å². The maximum atomic E-state index is 5.95. The molecule has 0 aliphatic carbocycles. The van der Waals surface area contributed by atoms with Crippen molar-refractivity contribution >= 4 is 11.6 Å². The second kappa shape index (κ2) is 10.6. The first-order valence-electron chi connectivity index (χ1n) is 10.9. The molecule has 2 heterocycles. The number of aromatic nitrogens is 1. The highest BCUT2D eigenvalue weighted by molar-refractivity contribution is 6.30. The molecule has 0 unspecified atom stereocenters. The Morgan fingerprint density at radius 1 is 0.839 bits per heavy atom. The average molecular weight is 430 g/mol. The summed E-state index contributed by atoms with van der Waals surface area (Å²) in [5.41, 5.74) is 5.71. The molecule has 1 fully saturated rings. The molecule has 1 aliphatic rings. The van der Waals surface area contributed by atoms with Crippen LogP contribution < -0.4 is 0 Å². The van der Waals surface area contributed by atoms with Crippen LogP contribution in [0.15, 0.2) is 66.9 Å². The molecular formula is C27H28ClN3. The first-order chi connectivity index (χ1) is 15.2. The Labute approximate surface area is 190 Å². The molecule has 0 atom stereocenters. The van der Waals surface area contributed by atoms with Crippen LogP contribution in [0.3, 0.4) is 0 Å². The molecule has 0 bridgehead atoms. The number of hydrogen-bond acceptors (Lipinski definition) is 3. The Kier molecular flexibility index (Phi) is 7.38. The standard InChI is InChI=1S/C27H28ClN3/c1-30-16-18-31(19-17-30)21-23-8-6-22(7-9-23)4-2-3-5-27-15-12-25(20-29-27)24-10-13-26(28)14-11-24/h6-15,20H,2,4,16-19,21H2,1H3. The number of halogens is 1. The molecule has 1 aromatic heterocycles. The van der Waals surface area contributed by atoms with Crippen molar-refractivity contribution in [2.24, 2.45) is 0 Å². The second-order valence-electron chi connectivity index (χ2n) is 8.14. The Balaban J connectivity index is 1.25. The zero-order valence-corrected chi connectivity index (χ0v) is 18.8. The number of benzene rings is 2. The van der Waals surface area contributed by atoms with Gasteiger partial charge in [-0.3, -0.25) is 4.90 Å². The van der Waals surface area contributed by atoms with Gasteiger partial charge in [0.25, 0.3) is 0 Å². The van der Waals surface area contributed by atoms with E-state index in [2.05, 4.69) is 64.0 Å². The van der Waals surface area contributed by atoms with E-state index in [1.807, 2.05) is 36.5 Å². The van der Waals surface area contributed by atoms with Gasteiger partial charge in [0, 0.05) is 55.9 Å². The zero-order chi connectivity index (χ0) is 21.5. The summed E-state index contributed by atoms with van der Waals surface area (Å²) in [6.07, 6.45) is 3.66. The van der Waals surface area contributed by atoms with E-state index in [1.165, 1.54) is 11.1 Å². The topological polar surface area (TPSA) is 19.4 Å². The normalized spacial score (nSPS) is 14.8. The zero-order valence-electron chi connectivity index (χ0n) is 18.0. The molecule has 158 valence electrons. The fourth-order valence-corrected chi connectivity index (χ4v) is 3.84. The third-order valence-electron chi connectivity index (χ3n) is 5.72. The smallest absolute Gasteiger partial charge is 0.113 e. The molecule has 0 radical (unpaired) electrons. The maximum absolute atomic E-state index is 5.95. The highest BCUT2D eigenvalue weighted by atomic mass is 35.5. The van der Waals surface area contributed by atoms with E-state index in [9.17, 15) is 0 Å². The van der Waals surface area contributed by atoms with Gasteiger partial charge in [-0.15, -0.1) is 0 Å². The van der Waals surface area contributed by atoms with E-state index in [0.717, 1.165) is 67.4 Å². The quantitative estimate of drug-likeness (QED) is 0.524. The summed E-state index contributed by atoms with van der Waals surface area (Å²) in [6, 6.07) is 20.8. The predicted octanol–water partition coefficient (Wildman–Crippen LogP) is 5.13. The van der Waals surface area contributed by atoms with E-state index in [4.69, 9.17) is 11.6 Å². The number of hydrogen-bond donors (Lipinski definition) is 0. The molecule has 3 aromatic rings. The fourth-order valence-electron chi connectivity index (χ4n) is 3.72. The van der Waals surface area contributed by atoms with E-state index < -0.39 is 0 Å². The Bertz CT molecular complexity index is 1020. The van der Waals surface area contributed by atoms with E-state index in [0.29, 0.717) is 0 Å². The first-order valence-corrected chi connectivity index (χ1v) is 11.2. The summed E-state index contributed by atoms with van der Waals surface area (Å²) in [5, 5.41) is 0.740. The minimum Gasteiger partial charge on any atom is -0.304 e. The highest BCUT2D eigenvalue weighted by Gasteiger charge is 2.13. The van der Waals surface area contributed by atoms with Crippen LogP contribution in [-0.4, -0.2) is 48.0 Å². The molecule has 4 heteroatoms. The number of likely N-dealkylation sites (N-methyl/N-ethyl adjacent to an activating group) is 1. The lowest BCUT2D eigenvalue weighted by Crippen LogP contribution is -2.43. The summed E-state index contributed by atoms with van der Waals surface area (Å²) >= 11 is 5.95. The summed E-state index contributed by atoms with van der Waals surface area (Å²) < 4.78 is 0. The lowest BCUT2D eigenvalue weighted by atomic mass is 10.1. The molecule has 1 aliphatic heterocycles. The van der Waals surface area contributed by atoms with E-state index >= 15 is 0 Å². The molecular weight excluding hydrogens is 402 g/mol. The van der Waals surface area contributed by atoms with Crippen molar-refractivity contribution < 1.29 is 0 Å². The van der Waals surface area contributed by atoms with Gasteiger partial charge in [-0.1, -0.05) is 60.0 Å². The van der Waals surface area contributed by atoms with Crippen molar-refractivity contribution in [3.63, 3.8) is 0 Å². The summed E-state index contributed by atoms with van der Waals surface area (Å²) in [4.78, 5) is 9.41. The van der Waals surface area contributed by atoms with E-state index in [1.54, 1.807) is 0 Å². The van der Waals surface area contributed by atoms with Crippen molar-refractivity contribution in [2.75, 3.05) is 33.2 Å². The first kappa shape index (κ1) is 21.6. The molecule has 0 spiro atoms. The molecule has 1 saturated heterocycles. The average Bonchev–Trinajstić information content (AvgIpc) is 2.80. The van der Waals surface area contributed by atoms with Crippen LogP contribution in [-0.2, 0) is 13.0 Å². The maximum Gasteiger partial charge on any atom is 0.113 e. The fraction of sp³-hybridized carbons (Fsp3) is 0.296. The minimum absolute atomic E-state index is 0.740. The van der Waals surface area contributed by atoms with Crippen LogP contribution in [0, 0.1) is 11.8 Å². The SMILES string of the molecule is CN1CCN(Cc2ccc(CCC#Cc3ccc(-c4ccc(Cl)cc4)cn3)cc2)CC1. The Hall–Kier alpha value is -2.64. The van der Waals surface area contributed by atoms with Gasteiger partial charge in [0.15, 0.2) is 0 Å². The van der Waals surface area contributed by atoms with Crippen molar-refractivity contribution in [3.05, 3.63) is 88.7 Å². The molecule has 0 saturated carbocycles. The van der Waals surface area contributed by atoms with Gasteiger partial charge in [-0.05, 0) is 54.3 Å². The number of piperazine rings is 1. The molecule has 0 N–H and O–H groups in total. The van der Waals surface area contributed by atoms with Crippen molar-refractivity contribution in [3.8, 4) is 23.0 Å². The third kappa shape index (κ3) is 6.42. The molecule has 4 rings (SSSR count).